The van der Waals surface area contributed by atoms with Crippen LogP contribution in [-0.2, 0) is 0 Å². The molecule has 0 bridgehead atoms. The van der Waals surface area contributed by atoms with E-state index in [1.54, 1.807) is 19.2 Å². The summed E-state index contributed by atoms with van der Waals surface area (Å²) in [4.78, 5) is 11.9. The summed E-state index contributed by atoms with van der Waals surface area (Å²) in [6.45, 7) is 0. The second-order valence-electron chi connectivity index (χ2n) is 3.73. The predicted molar refractivity (Wildman–Crippen MR) is 70.5 cm³/mol. The zero-order chi connectivity index (χ0) is 13.8. The number of carbonyl (C=O) groups is 1. The Labute approximate surface area is 114 Å². The Balaban J connectivity index is 2.20. The summed E-state index contributed by atoms with van der Waals surface area (Å²) in [5.74, 6) is -0.952. The molecule has 19 heavy (non-hydrogen) atoms. The number of halogens is 1. The second-order valence-corrected chi connectivity index (χ2v) is 4.84. The van der Waals surface area contributed by atoms with Gasteiger partial charge in [0.15, 0.2) is 0 Å². The lowest BCUT2D eigenvalue weighted by Crippen LogP contribution is -1.97. The molecule has 98 valence electrons. The van der Waals surface area contributed by atoms with Crippen molar-refractivity contribution in [2.24, 2.45) is 0 Å². The molecule has 0 amide bonds. The molecule has 5 heteroatoms. The summed E-state index contributed by atoms with van der Waals surface area (Å²) in [6, 6.07) is 11.1. The van der Waals surface area contributed by atoms with Gasteiger partial charge in [-0.25, -0.2) is 9.18 Å². The number of hydrogen-bond donors (Lipinski definition) is 1. The zero-order valence-electron chi connectivity index (χ0n) is 10.1. The van der Waals surface area contributed by atoms with Crippen molar-refractivity contribution in [2.75, 3.05) is 7.11 Å². The largest absolute Gasteiger partial charge is 0.497 e. The number of rotatable bonds is 4. The van der Waals surface area contributed by atoms with Crippen LogP contribution < -0.4 is 4.74 Å². The SMILES string of the molecule is COc1ccc(Sc2ccc(C(=O)O)cc2F)cc1. The van der Waals surface area contributed by atoms with Gasteiger partial charge in [0.25, 0.3) is 0 Å². The van der Waals surface area contributed by atoms with E-state index in [1.165, 1.54) is 23.9 Å². The van der Waals surface area contributed by atoms with Gasteiger partial charge in [0.05, 0.1) is 12.7 Å². The Morgan fingerprint density at radius 1 is 1.21 bits per heavy atom. The number of carboxylic acid groups (broad SMARTS) is 1. The van der Waals surface area contributed by atoms with Crippen molar-refractivity contribution < 1.29 is 19.0 Å². The van der Waals surface area contributed by atoms with E-state index in [9.17, 15) is 9.18 Å². The zero-order valence-corrected chi connectivity index (χ0v) is 10.9. The minimum Gasteiger partial charge on any atom is -0.497 e. The lowest BCUT2D eigenvalue weighted by Gasteiger charge is -2.05. The van der Waals surface area contributed by atoms with Crippen LogP contribution in [0.25, 0.3) is 0 Å². The van der Waals surface area contributed by atoms with Crippen molar-refractivity contribution in [1.29, 1.82) is 0 Å². The van der Waals surface area contributed by atoms with Gasteiger partial charge in [-0.1, -0.05) is 11.8 Å². The van der Waals surface area contributed by atoms with Gasteiger partial charge in [0.2, 0.25) is 0 Å². The van der Waals surface area contributed by atoms with Gasteiger partial charge in [-0.15, -0.1) is 0 Å². The highest BCUT2D eigenvalue weighted by Crippen LogP contribution is 2.31. The normalized spacial score (nSPS) is 10.2. The molecule has 0 radical (unpaired) electrons. The molecule has 0 spiro atoms. The summed E-state index contributed by atoms with van der Waals surface area (Å²) in [5.41, 5.74) is -0.0587. The maximum Gasteiger partial charge on any atom is 0.335 e. The van der Waals surface area contributed by atoms with E-state index in [4.69, 9.17) is 9.84 Å². The molecular formula is C14H11FO3S. The topological polar surface area (TPSA) is 46.5 Å². The number of methoxy groups -OCH3 is 1. The average molecular weight is 278 g/mol. The minimum absolute atomic E-state index is 0.0587. The summed E-state index contributed by atoms with van der Waals surface area (Å²) >= 11 is 1.23. The number of hydrogen-bond acceptors (Lipinski definition) is 3. The van der Waals surface area contributed by atoms with E-state index in [1.807, 2.05) is 12.1 Å². The maximum absolute atomic E-state index is 13.7. The number of ether oxygens (including phenoxy) is 1. The van der Waals surface area contributed by atoms with E-state index in [-0.39, 0.29) is 5.56 Å². The lowest BCUT2D eigenvalue weighted by atomic mass is 10.2. The third-order valence-corrected chi connectivity index (χ3v) is 3.52. The van der Waals surface area contributed by atoms with Gasteiger partial charge in [-0.3, -0.25) is 0 Å². The molecule has 0 unspecified atom stereocenters. The third-order valence-electron chi connectivity index (χ3n) is 2.47. The minimum atomic E-state index is -1.14. The molecule has 3 nitrogen and oxygen atoms in total. The lowest BCUT2D eigenvalue weighted by molar-refractivity contribution is 0.0696. The van der Waals surface area contributed by atoms with Crippen molar-refractivity contribution in [1.82, 2.24) is 0 Å². The quantitative estimate of drug-likeness (QED) is 0.926. The monoisotopic (exact) mass is 278 g/mol. The van der Waals surface area contributed by atoms with Crippen LogP contribution in [-0.4, -0.2) is 18.2 Å². The Hall–Kier alpha value is -2.01. The third kappa shape index (κ3) is 3.26. The fraction of sp³-hybridized carbons (Fsp3) is 0.0714. The standard InChI is InChI=1S/C14H11FO3S/c1-18-10-3-5-11(6-4-10)19-13-7-2-9(14(16)17)8-12(13)15/h2-8H,1H3,(H,16,17). The smallest absolute Gasteiger partial charge is 0.335 e. The van der Waals surface area contributed by atoms with Crippen LogP contribution in [0.1, 0.15) is 10.4 Å². The van der Waals surface area contributed by atoms with E-state index in [2.05, 4.69) is 0 Å². The van der Waals surface area contributed by atoms with Crippen molar-refractivity contribution in [3.05, 3.63) is 53.8 Å². The molecule has 0 fully saturated rings. The molecule has 0 aliphatic rings. The van der Waals surface area contributed by atoms with Crippen molar-refractivity contribution in [3.63, 3.8) is 0 Å². The van der Waals surface area contributed by atoms with E-state index in [0.717, 1.165) is 16.7 Å². The van der Waals surface area contributed by atoms with Gasteiger partial charge in [0, 0.05) is 9.79 Å². The molecule has 2 aromatic carbocycles. The van der Waals surface area contributed by atoms with Crippen molar-refractivity contribution >= 4 is 17.7 Å². The predicted octanol–water partition coefficient (Wildman–Crippen LogP) is 3.68. The molecule has 0 heterocycles. The first-order valence-electron chi connectivity index (χ1n) is 5.45. The van der Waals surface area contributed by atoms with Crippen LogP contribution in [0.3, 0.4) is 0 Å². The molecule has 1 N–H and O–H groups in total. The summed E-state index contributed by atoms with van der Waals surface area (Å²) < 4.78 is 18.8. The van der Waals surface area contributed by atoms with Gasteiger partial charge in [-0.05, 0) is 42.5 Å². The van der Waals surface area contributed by atoms with Crippen LogP contribution in [0.2, 0.25) is 0 Å². The highest BCUT2D eigenvalue weighted by molar-refractivity contribution is 7.99. The summed E-state index contributed by atoms with van der Waals surface area (Å²) in [7, 11) is 1.58. The van der Waals surface area contributed by atoms with Crippen molar-refractivity contribution in [2.45, 2.75) is 9.79 Å². The first-order valence-corrected chi connectivity index (χ1v) is 6.26. The Bertz CT molecular complexity index is 596. The molecule has 2 rings (SSSR count). The van der Waals surface area contributed by atoms with Crippen LogP contribution >= 0.6 is 11.8 Å². The van der Waals surface area contributed by atoms with E-state index in [0.29, 0.717) is 4.90 Å². The number of benzene rings is 2. The molecular weight excluding hydrogens is 267 g/mol. The maximum atomic E-state index is 13.7. The van der Waals surface area contributed by atoms with Gasteiger partial charge >= 0.3 is 5.97 Å². The Kier molecular flexibility index (Phi) is 4.06. The van der Waals surface area contributed by atoms with Gasteiger partial charge < -0.3 is 9.84 Å². The average Bonchev–Trinajstić information content (AvgIpc) is 2.41. The fourth-order valence-corrected chi connectivity index (χ4v) is 2.31. The Morgan fingerprint density at radius 2 is 1.89 bits per heavy atom. The van der Waals surface area contributed by atoms with Crippen LogP contribution in [0.5, 0.6) is 5.75 Å². The van der Waals surface area contributed by atoms with Gasteiger partial charge in [0.1, 0.15) is 11.6 Å². The summed E-state index contributed by atoms with van der Waals surface area (Å²) in [5, 5.41) is 8.76. The molecule has 0 aliphatic heterocycles. The Morgan fingerprint density at radius 3 is 2.42 bits per heavy atom. The number of aromatic carboxylic acids is 1. The molecule has 0 aliphatic carbocycles. The van der Waals surface area contributed by atoms with Crippen LogP contribution in [0.4, 0.5) is 4.39 Å². The fourth-order valence-electron chi connectivity index (χ4n) is 1.49. The highest BCUT2D eigenvalue weighted by atomic mass is 32.2. The second kappa shape index (κ2) is 5.75. The summed E-state index contributed by atoms with van der Waals surface area (Å²) in [6.07, 6.45) is 0. The van der Waals surface area contributed by atoms with Gasteiger partial charge in [-0.2, -0.15) is 0 Å². The molecule has 0 aromatic heterocycles. The number of carboxylic acids is 1. The first kappa shape index (κ1) is 13.4. The van der Waals surface area contributed by atoms with Crippen LogP contribution in [0, 0.1) is 5.82 Å². The molecule has 0 saturated carbocycles. The van der Waals surface area contributed by atoms with Crippen molar-refractivity contribution in [3.8, 4) is 5.75 Å². The molecule has 2 aromatic rings. The highest BCUT2D eigenvalue weighted by Gasteiger charge is 2.09. The van der Waals surface area contributed by atoms with Crippen LogP contribution in [0.15, 0.2) is 52.3 Å². The van der Waals surface area contributed by atoms with E-state index < -0.39 is 11.8 Å². The van der Waals surface area contributed by atoms with E-state index >= 15 is 0 Å². The molecule has 0 atom stereocenters. The first-order chi connectivity index (χ1) is 9.10. The molecule has 0 saturated heterocycles.